The van der Waals surface area contributed by atoms with E-state index in [-0.39, 0.29) is 11.7 Å². The Morgan fingerprint density at radius 1 is 0.784 bits per heavy atom. The fourth-order valence-corrected chi connectivity index (χ4v) is 5.27. The molecule has 1 amide bonds. The Labute approximate surface area is 219 Å². The number of hydrogen-bond donors (Lipinski definition) is 0. The summed E-state index contributed by atoms with van der Waals surface area (Å²) >= 11 is 0. The van der Waals surface area contributed by atoms with Gasteiger partial charge in [-0.2, -0.15) is 0 Å². The van der Waals surface area contributed by atoms with Gasteiger partial charge in [0, 0.05) is 62.2 Å². The minimum absolute atomic E-state index is 0.0560. The average molecular weight is 492 g/mol. The first-order valence-corrected chi connectivity index (χ1v) is 13.0. The molecule has 3 aromatic carbocycles. The van der Waals surface area contributed by atoms with Crippen molar-refractivity contribution in [1.29, 1.82) is 0 Å². The van der Waals surface area contributed by atoms with Crippen LogP contribution in [-0.4, -0.2) is 47.3 Å². The van der Waals surface area contributed by atoms with E-state index in [1.54, 1.807) is 0 Å². The van der Waals surface area contributed by atoms with Crippen LogP contribution in [0.25, 0.3) is 11.1 Å². The molecule has 1 saturated heterocycles. The van der Waals surface area contributed by atoms with Crippen molar-refractivity contribution in [2.75, 3.05) is 31.1 Å². The molecule has 0 aliphatic carbocycles. The van der Waals surface area contributed by atoms with E-state index in [9.17, 15) is 9.59 Å². The topological polar surface area (TPSA) is 45.6 Å². The van der Waals surface area contributed by atoms with Crippen LogP contribution in [0.5, 0.6) is 0 Å². The van der Waals surface area contributed by atoms with Crippen LogP contribution in [0.4, 0.5) is 5.69 Å². The monoisotopic (exact) mass is 491 g/mol. The summed E-state index contributed by atoms with van der Waals surface area (Å²) in [4.78, 5) is 30.8. The van der Waals surface area contributed by atoms with Gasteiger partial charge in [0.05, 0.1) is 0 Å². The largest absolute Gasteiger partial charge is 0.367 e. The number of nitrogens with zero attached hydrogens (tertiary/aromatic N) is 3. The molecule has 5 heteroatoms. The molecule has 5 rings (SSSR count). The van der Waals surface area contributed by atoms with E-state index in [0.717, 1.165) is 39.2 Å². The first-order valence-electron chi connectivity index (χ1n) is 13.0. The zero-order chi connectivity index (χ0) is 25.8. The molecule has 0 atom stereocenters. The van der Waals surface area contributed by atoms with Gasteiger partial charge in [-0.3, -0.25) is 9.59 Å². The molecule has 1 fully saturated rings. The number of amides is 1. The third-order valence-electron chi connectivity index (χ3n) is 7.16. The van der Waals surface area contributed by atoms with Gasteiger partial charge in [-0.25, -0.2) is 0 Å². The summed E-state index contributed by atoms with van der Waals surface area (Å²) in [6.45, 7) is 7.22. The van der Waals surface area contributed by atoms with Crippen LogP contribution in [-0.2, 0) is 6.54 Å². The predicted molar refractivity (Wildman–Crippen MR) is 149 cm³/mol. The summed E-state index contributed by atoms with van der Waals surface area (Å²) in [5.41, 5.74) is 6.79. The zero-order valence-electron chi connectivity index (χ0n) is 21.6. The van der Waals surface area contributed by atoms with E-state index < -0.39 is 0 Å². The maximum atomic E-state index is 14.1. The van der Waals surface area contributed by atoms with Crippen LogP contribution in [0.1, 0.15) is 45.3 Å². The second-order valence-corrected chi connectivity index (χ2v) is 9.59. The third-order valence-corrected chi connectivity index (χ3v) is 7.16. The van der Waals surface area contributed by atoms with Crippen LogP contribution < -0.4 is 4.90 Å². The lowest BCUT2D eigenvalue weighted by Gasteiger charge is -2.37. The fraction of sp³-hybridized carbons (Fsp3) is 0.250. The number of carbonyl (C=O) groups is 2. The van der Waals surface area contributed by atoms with Crippen molar-refractivity contribution in [1.82, 2.24) is 9.47 Å². The Balaban J connectivity index is 1.43. The number of hydrogen-bond acceptors (Lipinski definition) is 3. The van der Waals surface area contributed by atoms with Gasteiger partial charge < -0.3 is 14.4 Å². The van der Waals surface area contributed by atoms with Crippen molar-refractivity contribution in [3.05, 3.63) is 114 Å². The molecule has 1 aliphatic rings. The van der Waals surface area contributed by atoms with E-state index >= 15 is 0 Å². The minimum atomic E-state index is 0.0560. The van der Waals surface area contributed by atoms with Crippen molar-refractivity contribution in [3.63, 3.8) is 0 Å². The van der Waals surface area contributed by atoms with Crippen molar-refractivity contribution in [2.24, 2.45) is 0 Å². The van der Waals surface area contributed by atoms with E-state index in [1.807, 2.05) is 72.5 Å². The number of benzene rings is 3. The molecule has 5 nitrogen and oxygen atoms in total. The Morgan fingerprint density at radius 2 is 1.41 bits per heavy atom. The summed E-state index contributed by atoms with van der Waals surface area (Å²) in [6, 6.07) is 28.3. The van der Waals surface area contributed by atoms with Crippen molar-refractivity contribution in [2.45, 2.75) is 26.8 Å². The summed E-state index contributed by atoms with van der Waals surface area (Å²) in [7, 11) is 0. The van der Waals surface area contributed by atoms with Gasteiger partial charge in [-0.05, 0) is 35.7 Å². The molecule has 1 aliphatic heterocycles. The fourth-order valence-electron chi connectivity index (χ4n) is 5.27. The first-order chi connectivity index (χ1) is 18.1. The van der Waals surface area contributed by atoms with Crippen LogP contribution in [0, 0.1) is 6.92 Å². The van der Waals surface area contributed by atoms with Gasteiger partial charge >= 0.3 is 0 Å². The molecule has 188 valence electrons. The lowest BCUT2D eigenvalue weighted by molar-refractivity contribution is 0.0736. The van der Waals surface area contributed by atoms with Gasteiger partial charge in [-0.15, -0.1) is 0 Å². The average Bonchev–Trinajstić information content (AvgIpc) is 3.28. The predicted octanol–water partition coefficient (Wildman–Crippen LogP) is 6.07. The summed E-state index contributed by atoms with van der Waals surface area (Å²) in [5.74, 6) is 0.205. The highest BCUT2D eigenvalue weighted by atomic mass is 16.2. The second kappa shape index (κ2) is 10.9. The molecule has 37 heavy (non-hydrogen) atoms. The standard InChI is InChI=1S/C32H33N3O2/c1-3-29(36)27-16-10-11-17-28(27)33-18-20-34(21-19-33)32(37)31-30(26-14-8-5-9-15-26)24(2)22-35(31)23-25-12-6-4-7-13-25/h4-17,22H,3,18-21,23H2,1-2H3. The highest BCUT2D eigenvalue weighted by Crippen LogP contribution is 2.32. The molecule has 0 spiro atoms. The summed E-state index contributed by atoms with van der Waals surface area (Å²) in [6.07, 6.45) is 2.58. The number of anilines is 1. The molecular formula is C32H33N3O2. The lowest BCUT2D eigenvalue weighted by Crippen LogP contribution is -2.49. The molecule has 0 unspecified atom stereocenters. The van der Waals surface area contributed by atoms with E-state index in [4.69, 9.17) is 0 Å². The van der Waals surface area contributed by atoms with Gasteiger partial charge in [-0.1, -0.05) is 79.7 Å². The van der Waals surface area contributed by atoms with E-state index in [1.165, 1.54) is 0 Å². The number of aromatic nitrogens is 1. The van der Waals surface area contributed by atoms with Gasteiger partial charge in [0.25, 0.3) is 5.91 Å². The molecule has 0 saturated carbocycles. The number of para-hydroxylation sites is 1. The maximum absolute atomic E-state index is 14.1. The van der Waals surface area contributed by atoms with E-state index in [0.29, 0.717) is 39.1 Å². The number of aryl methyl sites for hydroxylation is 1. The van der Waals surface area contributed by atoms with Crippen molar-refractivity contribution >= 4 is 17.4 Å². The number of carbonyl (C=O) groups excluding carboxylic acids is 2. The molecule has 0 radical (unpaired) electrons. The Kier molecular flexibility index (Phi) is 7.22. The Morgan fingerprint density at radius 3 is 2.08 bits per heavy atom. The molecule has 2 heterocycles. The normalized spacial score (nSPS) is 13.6. The van der Waals surface area contributed by atoms with Gasteiger partial charge in [0.15, 0.2) is 5.78 Å². The quantitative estimate of drug-likeness (QED) is 0.295. The van der Waals surface area contributed by atoms with E-state index in [2.05, 4.69) is 46.9 Å². The number of rotatable bonds is 7. The molecule has 4 aromatic rings. The molecule has 0 bridgehead atoms. The molecule has 1 aromatic heterocycles. The van der Waals surface area contributed by atoms with Gasteiger partial charge in [0.1, 0.15) is 5.69 Å². The van der Waals surface area contributed by atoms with Crippen LogP contribution in [0.3, 0.4) is 0 Å². The first kappa shape index (κ1) is 24.6. The van der Waals surface area contributed by atoms with Crippen LogP contribution in [0.2, 0.25) is 0 Å². The molecular weight excluding hydrogens is 458 g/mol. The lowest BCUT2D eigenvalue weighted by atomic mass is 10.0. The van der Waals surface area contributed by atoms with Crippen molar-refractivity contribution in [3.8, 4) is 11.1 Å². The minimum Gasteiger partial charge on any atom is -0.367 e. The summed E-state index contributed by atoms with van der Waals surface area (Å²) < 4.78 is 2.11. The van der Waals surface area contributed by atoms with Crippen LogP contribution in [0.15, 0.2) is 91.1 Å². The number of Topliss-reactive ketones (excluding diaryl/α,β-unsaturated/α-hetero) is 1. The third kappa shape index (κ3) is 5.08. The summed E-state index contributed by atoms with van der Waals surface area (Å²) in [5, 5.41) is 0. The number of piperazine rings is 1. The molecule has 0 N–H and O–H groups in total. The Bertz CT molecular complexity index is 1380. The van der Waals surface area contributed by atoms with Crippen molar-refractivity contribution < 1.29 is 9.59 Å². The highest BCUT2D eigenvalue weighted by Gasteiger charge is 2.29. The second-order valence-electron chi connectivity index (χ2n) is 9.59. The maximum Gasteiger partial charge on any atom is 0.271 e. The number of ketones is 1. The Hall–Kier alpha value is -4.12. The van der Waals surface area contributed by atoms with Gasteiger partial charge in [0.2, 0.25) is 0 Å². The zero-order valence-corrected chi connectivity index (χ0v) is 21.6. The highest BCUT2D eigenvalue weighted by molar-refractivity contribution is 6.02. The smallest absolute Gasteiger partial charge is 0.271 e. The SMILES string of the molecule is CCC(=O)c1ccccc1N1CCN(C(=O)c2c(-c3ccccc3)c(C)cn2Cc2ccccc2)CC1. The van der Waals surface area contributed by atoms with Crippen LogP contribution >= 0.6 is 0 Å².